The average Bonchev–Trinajstić information content (AvgIpc) is 2.32. The molecule has 0 radical (unpaired) electrons. The molecule has 1 N–H and O–H groups in total. The highest BCUT2D eigenvalue weighted by Gasteiger charge is 2.14. The van der Waals surface area contributed by atoms with Crippen LogP contribution in [-0.4, -0.2) is 5.11 Å². The van der Waals surface area contributed by atoms with Crippen LogP contribution >= 0.6 is 15.9 Å². The standard InChI is InChI=1S/C13H8BrF3O2/c14-8-3-9(15)5-10(4-8)19-13-11(16)1-7(6-18)2-12(13)17/h1-5,18H,6H2. The Morgan fingerprint density at radius 2 is 1.63 bits per heavy atom. The van der Waals surface area contributed by atoms with Crippen LogP contribution in [0.5, 0.6) is 11.5 Å². The van der Waals surface area contributed by atoms with E-state index in [2.05, 4.69) is 15.9 Å². The number of ether oxygens (including phenoxy) is 1. The van der Waals surface area contributed by atoms with Crippen molar-refractivity contribution in [2.75, 3.05) is 0 Å². The summed E-state index contributed by atoms with van der Waals surface area (Å²) in [6.45, 7) is -0.486. The van der Waals surface area contributed by atoms with Crippen LogP contribution in [0, 0.1) is 17.5 Å². The Balaban J connectivity index is 2.38. The minimum Gasteiger partial charge on any atom is -0.451 e. The molecule has 0 aliphatic carbocycles. The van der Waals surface area contributed by atoms with Gasteiger partial charge < -0.3 is 9.84 Å². The second-order valence-corrected chi connectivity index (χ2v) is 4.67. The van der Waals surface area contributed by atoms with E-state index >= 15 is 0 Å². The summed E-state index contributed by atoms with van der Waals surface area (Å²) in [5.74, 6) is -3.22. The lowest BCUT2D eigenvalue weighted by atomic mass is 10.2. The number of rotatable bonds is 3. The van der Waals surface area contributed by atoms with Crippen LogP contribution in [0.2, 0.25) is 0 Å². The minimum absolute atomic E-state index is 0.0403. The fourth-order valence-electron chi connectivity index (χ4n) is 1.51. The van der Waals surface area contributed by atoms with Gasteiger partial charge in [0, 0.05) is 10.5 Å². The monoisotopic (exact) mass is 332 g/mol. The number of aliphatic hydroxyl groups excluding tert-OH is 1. The third kappa shape index (κ3) is 3.27. The SMILES string of the molecule is OCc1cc(F)c(Oc2cc(F)cc(Br)c2)c(F)c1. The molecule has 0 aliphatic rings. The zero-order chi connectivity index (χ0) is 14.0. The summed E-state index contributed by atoms with van der Waals surface area (Å²) >= 11 is 3.05. The topological polar surface area (TPSA) is 29.5 Å². The molecule has 0 saturated carbocycles. The summed E-state index contributed by atoms with van der Waals surface area (Å²) in [4.78, 5) is 0. The van der Waals surface area contributed by atoms with Crippen molar-refractivity contribution in [3.05, 3.63) is 57.8 Å². The van der Waals surface area contributed by atoms with Crippen LogP contribution in [-0.2, 0) is 6.61 Å². The van der Waals surface area contributed by atoms with Gasteiger partial charge in [-0.2, -0.15) is 0 Å². The number of halogens is 4. The molecule has 0 aromatic heterocycles. The molecule has 2 aromatic carbocycles. The zero-order valence-electron chi connectivity index (χ0n) is 9.46. The van der Waals surface area contributed by atoms with Gasteiger partial charge in [0.2, 0.25) is 0 Å². The lowest BCUT2D eigenvalue weighted by Crippen LogP contribution is -1.96. The maximum atomic E-state index is 13.6. The summed E-state index contributed by atoms with van der Waals surface area (Å²) in [7, 11) is 0. The van der Waals surface area contributed by atoms with Gasteiger partial charge in [0.05, 0.1) is 6.61 Å². The van der Waals surface area contributed by atoms with Crippen molar-refractivity contribution >= 4 is 15.9 Å². The van der Waals surface area contributed by atoms with Gasteiger partial charge in [-0.15, -0.1) is 0 Å². The fourth-order valence-corrected chi connectivity index (χ4v) is 1.95. The number of hydrogen-bond donors (Lipinski definition) is 1. The summed E-state index contributed by atoms with van der Waals surface area (Å²) in [5.41, 5.74) is 0.0859. The van der Waals surface area contributed by atoms with Crippen molar-refractivity contribution in [2.45, 2.75) is 6.61 Å². The lowest BCUT2D eigenvalue weighted by Gasteiger charge is -2.09. The molecule has 0 atom stereocenters. The van der Waals surface area contributed by atoms with E-state index < -0.39 is 29.8 Å². The predicted molar refractivity (Wildman–Crippen MR) is 66.5 cm³/mol. The Bertz CT molecular complexity index is 574. The first-order valence-electron chi connectivity index (χ1n) is 5.22. The van der Waals surface area contributed by atoms with Crippen LogP contribution in [0.1, 0.15) is 5.56 Å². The third-order valence-electron chi connectivity index (χ3n) is 2.30. The Labute approximate surface area is 115 Å². The molecule has 6 heteroatoms. The number of aliphatic hydroxyl groups is 1. The molecule has 0 bridgehead atoms. The van der Waals surface area contributed by atoms with Gasteiger partial charge >= 0.3 is 0 Å². The van der Waals surface area contributed by atoms with Crippen molar-refractivity contribution in [1.82, 2.24) is 0 Å². The summed E-state index contributed by atoms with van der Waals surface area (Å²) < 4.78 is 45.7. The van der Waals surface area contributed by atoms with E-state index in [0.29, 0.717) is 4.47 Å². The molecule has 0 spiro atoms. The highest BCUT2D eigenvalue weighted by molar-refractivity contribution is 9.10. The van der Waals surface area contributed by atoms with Crippen molar-refractivity contribution in [3.63, 3.8) is 0 Å². The summed E-state index contributed by atoms with van der Waals surface area (Å²) in [6.07, 6.45) is 0. The van der Waals surface area contributed by atoms with Crippen molar-refractivity contribution < 1.29 is 23.0 Å². The maximum Gasteiger partial charge on any atom is 0.198 e. The van der Waals surface area contributed by atoms with Crippen LogP contribution in [0.3, 0.4) is 0 Å². The van der Waals surface area contributed by atoms with Crippen LogP contribution in [0.25, 0.3) is 0 Å². The second-order valence-electron chi connectivity index (χ2n) is 3.75. The second kappa shape index (κ2) is 5.63. The molecule has 19 heavy (non-hydrogen) atoms. The zero-order valence-corrected chi connectivity index (χ0v) is 11.0. The molecule has 0 saturated heterocycles. The predicted octanol–water partition coefficient (Wildman–Crippen LogP) is 4.15. The van der Waals surface area contributed by atoms with Gasteiger partial charge in [-0.05, 0) is 29.8 Å². The molecule has 0 aliphatic heterocycles. The van der Waals surface area contributed by atoms with E-state index in [1.807, 2.05) is 0 Å². The largest absolute Gasteiger partial charge is 0.451 e. The van der Waals surface area contributed by atoms with Gasteiger partial charge in [-0.3, -0.25) is 0 Å². The molecule has 0 fully saturated rings. The van der Waals surface area contributed by atoms with E-state index in [0.717, 1.165) is 18.2 Å². The van der Waals surface area contributed by atoms with E-state index in [-0.39, 0.29) is 11.3 Å². The van der Waals surface area contributed by atoms with Gasteiger partial charge in [-0.25, -0.2) is 13.2 Å². The van der Waals surface area contributed by atoms with Crippen LogP contribution in [0.15, 0.2) is 34.8 Å². The first-order chi connectivity index (χ1) is 8.99. The Kier molecular flexibility index (Phi) is 4.11. The van der Waals surface area contributed by atoms with Gasteiger partial charge in [0.25, 0.3) is 0 Å². The fraction of sp³-hybridized carbons (Fsp3) is 0.0769. The van der Waals surface area contributed by atoms with Gasteiger partial charge in [-0.1, -0.05) is 15.9 Å². The van der Waals surface area contributed by atoms with Crippen LogP contribution < -0.4 is 4.74 Å². The highest BCUT2D eigenvalue weighted by atomic mass is 79.9. The Morgan fingerprint density at radius 1 is 1.00 bits per heavy atom. The maximum absolute atomic E-state index is 13.6. The molecular weight excluding hydrogens is 325 g/mol. The average molecular weight is 333 g/mol. The van der Waals surface area contributed by atoms with Crippen molar-refractivity contribution in [3.8, 4) is 11.5 Å². The minimum atomic E-state index is -0.968. The molecule has 2 nitrogen and oxygen atoms in total. The molecule has 0 unspecified atom stereocenters. The van der Waals surface area contributed by atoms with Gasteiger partial charge in [0.1, 0.15) is 11.6 Å². The molecule has 2 rings (SSSR count). The van der Waals surface area contributed by atoms with E-state index in [9.17, 15) is 13.2 Å². The van der Waals surface area contributed by atoms with Gasteiger partial charge in [0.15, 0.2) is 17.4 Å². The lowest BCUT2D eigenvalue weighted by molar-refractivity contribution is 0.279. The number of benzene rings is 2. The quantitative estimate of drug-likeness (QED) is 0.914. The molecule has 0 amide bonds. The van der Waals surface area contributed by atoms with Crippen molar-refractivity contribution in [2.24, 2.45) is 0 Å². The van der Waals surface area contributed by atoms with E-state index in [1.165, 1.54) is 12.1 Å². The van der Waals surface area contributed by atoms with Crippen LogP contribution in [0.4, 0.5) is 13.2 Å². The Morgan fingerprint density at radius 3 is 2.16 bits per heavy atom. The van der Waals surface area contributed by atoms with E-state index in [1.54, 1.807) is 0 Å². The first-order valence-corrected chi connectivity index (χ1v) is 6.01. The smallest absolute Gasteiger partial charge is 0.198 e. The Hall–Kier alpha value is -1.53. The summed E-state index contributed by atoms with van der Waals surface area (Å²) in [6, 6.07) is 5.47. The first kappa shape index (κ1) is 13.9. The van der Waals surface area contributed by atoms with Crippen molar-refractivity contribution in [1.29, 1.82) is 0 Å². The number of hydrogen-bond acceptors (Lipinski definition) is 2. The molecule has 100 valence electrons. The molecular formula is C13H8BrF3O2. The highest BCUT2D eigenvalue weighted by Crippen LogP contribution is 2.30. The van der Waals surface area contributed by atoms with E-state index in [4.69, 9.17) is 9.84 Å². The summed E-state index contributed by atoms with van der Waals surface area (Å²) in [5, 5.41) is 8.81. The normalized spacial score (nSPS) is 10.6. The third-order valence-corrected chi connectivity index (χ3v) is 2.75. The molecule has 0 heterocycles. The molecule has 2 aromatic rings.